The fourth-order valence-electron chi connectivity index (χ4n) is 4.34. The van der Waals surface area contributed by atoms with Crippen LogP contribution in [0.4, 0.5) is 0 Å². The van der Waals surface area contributed by atoms with Crippen LogP contribution >= 0.6 is 24.8 Å². The zero-order valence-electron chi connectivity index (χ0n) is 14.9. The molecule has 4 unspecified atom stereocenters. The van der Waals surface area contributed by atoms with Crippen molar-refractivity contribution in [2.45, 2.75) is 57.8 Å². The second-order valence-corrected chi connectivity index (χ2v) is 7.35. The molecule has 0 aliphatic carbocycles. The Morgan fingerprint density at radius 2 is 1.83 bits per heavy atom. The Bertz CT molecular complexity index is 384. The highest BCUT2D eigenvalue weighted by molar-refractivity contribution is 5.85. The van der Waals surface area contributed by atoms with E-state index in [1.54, 1.807) is 0 Å². The van der Waals surface area contributed by atoms with Gasteiger partial charge < -0.3 is 15.0 Å². The molecule has 7 heteroatoms. The van der Waals surface area contributed by atoms with E-state index < -0.39 is 0 Å². The van der Waals surface area contributed by atoms with Crippen molar-refractivity contribution in [3.63, 3.8) is 0 Å². The Balaban J connectivity index is 0.00000144. The molecule has 3 saturated heterocycles. The molecule has 0 radical (unpaired) electrons. The van der Waals surface area contributed by atoms with Crippen molar-refractivity contribution in [2.24, 2.45) is 5.92 Å². The number of nitrogens with zero attached hydrogens (tertiary/aromatic N) is 2. The van der Waals surface area contributed by atoms with Crippen LogP contribution in [0.3, 0.4) is 0 Å². The lowest BCUT2D eigenvalue weighted by molar-refractivity contribution is -0.137. The van der Waals surface area contributed by atoms with Crippen molar-refractivity contribution in [1.82, 2.24) is 15.1 Å². The number of carbonyl (C=O) groups is 1. The van der Waals surface area contributed by atoms with Gasteiger partial charge in [0.1, 0.15) is 0 Å². The van der Waals surface area contributed by atoms with Gasteiger partial charge in [0.25, 0.3) is 0 Å². The molecule has 0 aromatic carbocycles. The number of rotatable bonds is 3. The number of carbonyl (C=O) groups excluding carboxylic acids is 1. The van der Waals surface area contributed by atoms with E-state index in [0.717, 1.165) is 65.0 Å². The maximum Gasteiger partial charge on any atom is 0.227 e. The second kappa shape index (κ2) is 10.2. The van der Waals surface area contributed by atoms with E-state index in [1.165, 1.54) is 0 Å². The molecule has 4 atom stereocenters. The number of morpholine rings is 1. The lowest BCUT2D eigenvalue weighted by Crippen LogP contribution is -2.52. The Morgan fingerprint density at radius 3 is 2.46 bits per heavy atom. The first-order chi connectivity index (χ1) is 10.6. The van der Waals surface area contributed by atoms with E-state index in [9.17, 15) is 4.79 Å². The zero-order chi connectivity index (χ0) is 15.5. The highest BCUT2D eigenvalue weighted by atomic mass is 35.5. The van der Waals surface area contributed by atoms with Crippen LogP contribution in [0.1, 0.15) is 39.5 Å². The first kappa shape index (κ1) is 22.0. The van der Waals surface area contributed by atoms with Gasteiger partial charge in [0, 0.05) is 38.8 Å². The summed E-state index contributed by atoms with van der Waals surface area (Å²) in [6.07, 6.45) is 5.11. The molecule has 0 saturated carbocycles. The van der Waals surface area contributed by atoms with Gasteiger partial charge in [-0.05, 0) is 46.1 Å². The van der Waals surface area contributed by atoms with Gasteiger partial charge in [0.2, 0.25) is 5.91 Å². The topological polar surface area (TPSA) is 44.8 Å². The molecule has 24 heavy (non-hydrogen) atoms. The summed E-state index contributed by atoms with van der Waals surface area (Å²) in [5.41, 5.74) is 0. The number of amides is 1. The van der Waals surface area contributed by atoms with Crippen molar-refractivity contribution in [2.75, 3.05) is 39.3 Å². The monoisotopic (exact) mass is 381 g/mol. The van der Waals surface area contributed by atoms with Gasteiger partial charge in [0.05, 0.1) is 18.1 Å². The van der Waals surface area contributed by atoms with Crippen LogP contribution in [0.5, 0.6) is 0 Å². The SMILES string of the molecule is CC1CN(CC2CCCN2C(=O)C2CCCNC2)CC(C)O1.Cl.Cl. The molecule has 1 amide bonds. The molecule has 5 nitrogen and oxygen atoms in total. The van der Waals surface area contributed by atoms with Crippen molar-refractivity contribution in [3.05, 3.63) is 0 Å². The third-order valence-electron chi connectivity index (χ3n) is 5.27. The largest absolute Gasteiger partial charge is 0.373 e. The summed E-state index contributed by atoms with van der Waals surface area (Å²) < 4.78 is 5.82. The van der Waals surface area contributed by atoms with Crippen molar-refractivity contribution in [3.8, 4) is 0 Å². The number of hydrogen-bond acceptors (Lipinski definition) is 4. The third kappa shape index (κ3) is 5.46. The number of piperidine rings is 1. The maximum absolute atomic E-state index is 12.8. The Morgan fingerprint density at radius 1 is 1.12 bits per heavy atom. The van der Waals surface area contributed by atoms with E-state index >= 15 is 0 Å². The number of ether oxygens (including phenoxy) is 1. The van der Waals surface area contributed by atoms with E-state index in [2.05, 4.69) is 29.0 Å². The molecule has 3 fully saturated rings. The molecule has 1 N–H and O–H groups in total. The van der Waals surface area contributed by atoms with Crippen LogP contribution in [-0.2, 0) is 9.53 Å². The number of hydrogen-bond donors (Lipinski definition) is 1. The number of halogens is 2. The molecule has 3 rings (SSSR count). The average Bonchev–Trinajstić information content (AvgIpc) is 2.94. The summed E-state index contributed by atoms with van der Waals surface area (Å²) in [4.78, 5) is 17.5. The first-order valence-electron chi connectivity index (χ1n) is 9.02. The number of nitrogens with one attached hydrogen (secondary N) is 1. The molecule has 3 aliphatic heterocycles. The van der Waals surface area contributed by atoms with Gasteiger partial charge in [-0.25, -0.2) is 0 Å². The molecule has 3 aliphatic rings. The van der Waals surface area contributed by atoms with Crippen molar-refractivity contribution >= 4 is 30.7 Å². The Kier molecular flexibility index (Phi) is 9.31. The van der Waals surface area contributed by atoms with Crippen LogP contribution in [-0.4, -0.2) is 73.2 Å². The van der Waals surface area contributed by atoms with E-state index in [0.29, 0.717) is 24.2 Å². The molecule has 0 spiro atoms. The molecule has 0 bridgehead atoms. The zero-order valence-corrected chi connectivity index (χ0v) is 16.5. The summed E-state index contributed by atoms with van der Waals surface area (Å²) >= 11 is 0. The van der Waals surface area contributed by atoms with Crippen LogP contribution in [0.25, 0.3) is 0 Å². The minimum absolute atomic E-state index is 0. The standard InChI is InChI=1S/C17H31N3O2.2ClH/c1-13-10-19(11-14(2)22-13)12-16-6-4-8-20(16)17(21)15-5-3-7-18-9-15;;/h13-16,18H,3-12H2,1-2H3;2*1H. The molecule has 0 aromatic heterocycles. The Labute approximate surface area is 158 Å². The lowest BCUT2D eigenvalue weighted by atomic mass is 9.97. The maximum atomic E-state index is 12.8. The molecular formula is C17H33Cl2N3O2. The van der Waals surface area contributed by atoms with E-state index in [1.807, 2.05) is 0 Å². The van der Waals surface area contributed by atoms with Gasteiger partial charge in [-0.2, -0.15) is 0 Å². The predicted molar refractivity (Wildman–Crippen MR) is 101 cm³/mol. The fourth-order valence-corrected chi connectivity index (χ4v) is 4.34. The Hall–Kier alpha value is -0.0700. The van der Waals surface area contributed by atoms with Crippen LogP contribution < -0.4 is 5.32 Å². The van der Waals surface area contributed by atoms with Crippen LogP contribution in [0.15, 0.2) is 0 Å². The normalized spacial score (nSPS) is 34.3. The smallest absolute Gasteiger partial charge is 0.227 e. The summed E-state index contributed by atoms with van der Waals surface area (Å²) in [6.45, 7) is 10.2. The van der Waals surface area contributed by atoms with Gasteiger partial charge in [-0.1, -0.05) is 0 Å². The summed E-state index contributed by atoms with van der Waals surface area (Å²) in [5, 5.41) is 3.37. The van der Waals surface area contributed by atoms with E-state index in [-0.39, 0.29) is 30.7 Å². The summed E-state index contributed by atoms with van der Waals surface area (Å²) in [7, 11) is 0. The quantitative estimate of drug-likeness (QED) is 0.810. The van der Waals surface area contributed by atoms with Gasteiger partial charge in [-0.15, -0.1) is 24.8 Å². The minimum Gasteiger partial charge on any atom is -0.373 e. The van der Waals surface area contributed by atoms with Crippen molar-refractivity contribution < 1.29 is 9.53 Å². The third-order valence-corrected chi connectivity index (χ3v) is 5.27. The highest BCUT2D eigenvalue weighted by Gasteiger charge is 2.35. The van der Waals surface area contributed by atoms with Crippen LogP contribution in [0.2, 0.25) is 0 Å². The van der Waals surface area contributed by atoms with Gasteiger partial charge >= 0.3 is 0 Å². The fraction of sp³-hybridized carbons (Fsp3) is 0.941. The summed E-state index contributed by atoms with van der Waals surface area (Å²) in [6, 6.07) is 0.409. The molecular weight excluding hydrogens is 349 g/mol. The lowest BCUT2D eigenvalue weighted by Gasteiger charge is -2.39. The van der Waals surface area contributed by atoms with Crippen molar-refractivity contribution in [1.29, 1.82) is 0 Å². The molecule has 142 valence electrons. The average molecular weight is 382 g/mol. The predicted octanol–water partition coefficient (Wildman–Crippen LogP) is 1.93. The summed E-state index contributed by atoms with van der Waals surface area (Å²) in [5.74, 6) is 0.598. The minimum atomic E-state index is 0. The van der Waals surface area contributed by atoms with E-state index in [4.69, 9.17) is 4.74 Å². The second-order valence-electron chi connectivity index (χ2n) is 7.35. The molecule has 3 heterocycles. The number of likely N-dealkylation sites (tertiary alicyclic amines) is 1. The van der Waals surface area contributed by atoms with Gasteiger partial charge in [0.15, 0.2) is 0 Å². The first-order valence-corrected chi connectivity index (χ1v) is 9.02. The van der Waals surface area contributed by atoms with Crippen LogP contribution in [0, 0.1) is 5.92 Å². The van der Waals surface area contributed by atoms with Gasteiger partial charge in [-0.3, -0.25) is 9.69 Å². The molecule has 0 aromatic rings. The highest BCUT2D eigenvalue weighted by Crippen LogP contribution is 2.24.